The molecule has 0 aliphatic heterocycles. The summed E-state index contributed by atoms with van der Waals surface area (Å²) in [5.74, 6) is 0.934. The van der Waals surface area contributed by atoms with Gasteiger partial charge < -0.3 is 10.3 Å². The van der Waals surface area contributed by atoms with Crippen molar-refractivity contribution in [2.75, 3.05) is 6.54 Å². The Hall–Kier alpha value is -3.73. The highest BCUT2D eigenvalue weighted by atomic mass is 16.1. The number of benzene rings is 1. The maximum atomic E-state index is 12.1. The zero-order chi connectivity index (χ0) is 21.8. The second kappa shape index (κ2) is 8.96. The first-order chi connectivity index (χ1) is 15.0. The highest BCUT2D eigenvalue weighted by Crippen LogP contribution is 2.17. The van der Waals surface area contributed by atoms with E-state index in [0.29, 0.717) is 37.0 Å². The SMILES string of the molecule is Cc1cc(C)n2nc(CCCNC(=O)CCCc3nc4ccccc4[nH]3)c(C#N)c2n1. The number of nitriles is 1. The summed E-state index contributed by atoms with van der Waals surface area (Å²) in [6.07, 6.45) is 3.26. The van der Waals surface area contributed by atoms with Crippen LogP contribution in [0.3, 0.4) is 0 Å². The number of aromatic nitrogens is 5. The predicted octanol–water partition coefficient (Wildman–Crippen LogP) is 3.17. The van der Waals surface area contributed by atoms with Gasteiger partial charge >= 0.3 is 0 Å². The first-order valence-electron chi connectivity index (χ1n) is 10.5. The molecule has 0 aliphatic carbocycles. The van der Waals surface area contributed by atoms with Crippen molar-refractivity contribution in [1.29, 1.82) is 5.26 Å². The lowest BCUT2D eigenvalue weighted by Gasteiger charge is -2.04. The van der Waals surface area contributed by atoms with Gasteiger partial charge in [-0.15, -0.1) is 0 Å². The maximum Gasteiger partial charge on any atom is 0.220 e. The molecule has 0 unspecified atom stereocenters. The van der Waals surface area contributed by atoms with Gasteiger partial charge in [0.15, 0.2) is 5.65 Å². The number of fused-ring (bicyclic) bond motifs is 2. The molecule has 0 spiro atoms. The van der Waals surface area contributed by atoms with Crippen LogP contribution in [0.15, 0.2) is 30.3 Å². The van der Waals surface area contributed by atoms with Crippen LogP contribution in [0.4, 0.5) is 0 Å². The van der Waals surface area contributed by atoms with Crippen molar-refractivity contribution in [2.45, 2.75) is 46.0 Å². The van der Waals surface area contributed by atoms with Crippen LogP contribution in [0.5, 0.6) is 0 Å². The van der Waals surface area contributed by atoms with Crippen LogP contribution in [-0.2, 0) is 17.6 Å². The minimum Gasteiger partial charge on any atom is -0.356 e. The van der Waals surface area contributed by atoms with E-state index in [1.54, 1.807) is 4.52 Å². The Morgan fingerprint density at radius 3 is 2.84 bits per heavy atom. The third kappa shape index (κ3) is 4.56. The van der Waals surface area contributed by atoms with Crippen molar-refractivity contribution in [3.8, 4) is 6.07 Å². The molecule has 0 fully saturated rings. The van der Waals surface area contributed by atoms with Crippen molar-refractivity contribution in [3.63, 3.8) is 0 Å². The van der Waals surface area contributed by atoms with E-state index in [1.807, 2.05) is 44.2 Å². The number of aromatic amines is 1. The van der Waals surface area contributed by atoms with Crippen LogP contribution in [0.25, 0.3) is 16.7 Å². The molecule has 31 heavy (non-hydrogen) atoms. The smallest absolute Gasteiger partial charge is 0.220 e. The molecule has 4 rings (SSSR count). The molecule has 0 saturated heterocycles. The first-order valence-corrected chi connectivity index (χ1v) is 10.5. The zero-order valence-electron chi connectivity index (χ0n) is 17.8. The standard InChI is InChI=1S/C23H25N7O/c1-15-13-16(2)30-23(26-15)17(14-24)18(29-30)9-6-12-25-22(31)11-5-10-21-27-19-7-3-4-8-20(19)28-21/h3-4,7-8,13H,5-6,9-12H2,1-2H3,(H,25,31)(H,27,28). The predicted molar refractivity (Wildman–Crippen MR) is 118 cm³/mol. The molecule has 0 atom stereocenters. The van der Waals surface area contributed by atoms with Gasteiger partial charge in [-0.25, -0.2) is 14.5 Å². The van der Waals surface area contributed by atoms with E-state index in [1.165, 1.54) is 0 Å². The minimum absolute atomic E-state index is 0.0276. The second-order valence-corrected chi connectivity index (χ2v) is 7.72. The van der Waals surface area contributed by atoms with Crippen molar-refractivity contribution >= 4 is 22.6 Å². The number of amides is 1. The first kappa shape index (κ1) is 20.5. The van der Waals surface area contributed by atoms with Crippen molar-refractivity contribution in [3.05, 3.63) is 58.8 Å². The lowest BCUT2D eigenvalue weighted by molar-refractivity contribution is -0.121. The van der Waals surface area contributed by atoms with Crippen LogP contribution < -0.4 is 5.32 Å². The number of imidazole rings is 1. The largest absolute Gasteiger partial charge is 0.356 e. The number of aryl methyl sites for hydroxylation is 4. The number of nitrogens with one attached hydrogen (secondary N) is 2. The number of nitrogens with zero attached hydrogens (tertiary/aromatic N) is 5. The Labute approximate surface area is 180 Å². The van der Waals surface area contributed by atoms with Crippen LogP contribution in [0, 0.1) is 25.2 Å². The van der Waals surface area contributed by atoms with E-state index in [-0.39, 0.29) is 5.91 Å². The Bertz CT molecular complexity index is 1250. The molecule has 158 valence electrons. The van der Waals surface area contributed by atoms with Gasteiger partial charge in [-0.05, 0) is 51.3 Å². The lowest BCUT2D eigenvalue weighted by Crippen LogP contribution is -2.24. The summed E-state index contributed by atoms with van der Waals surface area (Å²) >= 11 is 0. The van der Waals surface area contributed by atoms with Gasteiger partial charge in [-0.2, -0.15) is 10.4 Å². The monoisotopic (exact) mass is 415 g/mol. The van der Waals surface area contributed by atoms with Gasteiger partial charge in [0.25, 0.3) is 0 Å². The van der Waals surface area contributed by atoms with Crippen LogP contribution in [-0.4, -0.2) is 37.0 Å². The van der Waals surface area contributed by atoms with E-state index in [0.717, 1.165) is 46.8 Å². The quantitative estimate of drug-likeness (QED) is 0.429. The number of carbonyl (C=O) groups excluding carboxylic acids is 1. The number of para-hydroxylation sites is 2. The Morgan fingerprint density at radius 2 is 2.03 bits per heavy atom. The fourth-order valence-corrected chi connectivity index (χ4v) is 3.77. The number of rotatable bonds is 8. The summed E-state index contributed by atoms with van der Waals surface area (Å²) in [4.78, 5) is 24.4. The molecule has 3 heterocycles. The fourth-order valence-electron chi connectivity index (χ4n) is 3.77. The average molecular weight is 416 g/mol. The van der Waals surface area contributed by atoms with Crippen molar-refractivity contribution in [1.82, 2.24) is 29.9 Å². The Balaban J connectivity index is 1.24. The summed E-state index contributed by atoms with van der Waals surface area (Å²) < 4.78 is 1.72. The highest BCUT2D eigenvalue weighted by molar-refractivity contribution is 5.76. The van der Waals surface area contributed by atoms with Crippen molar-refractivity contribution in [2.24, 2.45) is 0 Å². The van der Waals surface area contributed by atoms with Crippen molar-refractivity contribution < 1.29 is 4.79 Å². The van der Waals surface area contributed by atoms with E-state index in [2.05, 4.69) is 31.4 Å². The summed E-state index contributed by atoms with van der Waals surface area (Å²) in [5, 5.41) is 17.1. The number of hydrogen-bond acceptors (Lipinski definition) is 5. The lowest BCUT2D eigenvalue weighted by atomic mass is 10.1. The van der Waals surface area contributed by atoms with Gasteiger partial charge in [0.2, 0.25) is 5.91 Å². The molecule has 0 bridgehead atoms. The van der Waals surface area contributed by atoms with Crippen LogP contribution in [0.2, 0.25) is 0 Å². The third-order valence-electron chi connectivity index (χ3n) is 5.25. The summed E-state index contributed by atoms with van der Waals surface area (Å²) in [7, 11) is 0. The second-order valence-electron chi connectivity index (χ2n) is 7.72. The molecule has 1 aromatic carbocycles. The molecule has 1 amide bonds. The molecule has 3 aromatic heterocycles. The summed E-state index contributed by atoms with van der Waals surface area (Å²) in [5.41, 5.74) is 5.62. The molecule has 0 saturated carbocycles. The molecular weight excluding hydrogens is 390 g/mol. The summed E-state index contributed by atoms with van der Waals surface area (Å²) in [6, 6.07) is 12.1. The van der Waals surface area contributed by atoms with Crippen LogP contribution >= 0.6 is 0 Å². The van der Waals surface area contributed by atoms with E-state index >= 15 is 0 Å². The molecule has 8 nitrogen and oxygen atoms in total. The van der Waals surface area contributed by atoms with Gasteiger partial charge in [-0.1, -0.05) is 12.1 Å². The normalized spacial score (nSPS) is 11.1. The van der Waals surface area contributed by atoms with Gasteiger partial charge in [0, 0.05) is 30.8 Å². The Morgan fingerprint density at radius 1 is 1.19 bits per heavy atom. The molecule has 8 heteroatoms. The Kier molecular flexibility index (Phi) is 5.94. The number of carbonyl (C=O) groups is 1. The van der Waals surface area contributed by atoms with E-state index < -0.39 is 0 Å². The summed E-state index contributed by atoms with van der Waals surface area (Å²) in [6.45, 7) is 4.41. The zero-order valence-corrected chi connectivity index (χ0v) is 17.8. The number of H-pyrrole nitrogens is 1. The van der Waals surface area contributed by atoms with Crippen LogP contribution in [0.1, 0.15) is 47.7 Å². The molecular formula is C23H25N7O. The topological polar surface area (TPSA) is 112 Å². The minimum atomic E-state index is 0.0276. The highest BCUT2D eigenvalue weighted by Gasteiger charge is 2.15. The molecule has 0 aliphatic rings. The third-order valence-corrected chi connectivity index (χ3v) is 5.25. The van der Waals surface area contributed by atoms with Gasteiger partial charge in [0.05, 0.1) is 16.7 Å². The fraction of sp³-hybridized carbons (Fsp3) is 0.348. The van der Waals surface area contributed by atoms with E-state index in [4.69, 9.17) is 0 Å². The van der Waals surface area contributed by atoms with Gasteiger partial charge in [-0.3, -0.25) is 4.79 Å². The number of hydrogen-bond donors (Lipinski definition) is 2. The molecule has 2 N–H and O–H groups in total. The van der Waals surface area contributed by atoms with E-state index in [9.17, 15) is 10.1 Å². The maximum absolute atomic E-state index is 12.1. The van der Waals surface area contributed by atoms with Gasteiger partial charge in [0.1, 0.15) is 17.5 Å². The molecule has 0 radical (unpaired) electrons. The average Bonchev–Trinajstić information content (AvgIpc) is 3.31. The molecule has 4 aromatic rings.